The lowest BCUT2D eigenvalue weighted by atomic mass is 10.2. The Morgan fingerprint density at radius 1 is 1.05 bits per heavy atom. The molecule has 2 aromatic heterocycles. The number of hydrogen-bond acceptors (Lipinski definition) is 5. The Balaban J connectivity index is 1.79. The smallest absolute Gasteiger partial charge is 0.171 e. The van der Waals surface area contributed by atoms with E-state index in [1.165, 1.54) is 11.8 Å². The van der Waals surface area contributed by atoms with Gasteiger partial charge in [-0.05, 0) is 36.0 Å². The fraction of sp³-hybridized carbons (Fsp3) is 0. The molecule has 0 amide bonds. The standard InChI is InChI=1S/C15H11N5S/c16-9-5-6-12-13(7-9)19-15(18-12)21-14-8-17-20-11-4-2-1-3-10(11)14/h1-8H,16H2,(H,18,19). The molecule has 0 atom stereocenters. The second-order valence-corrected chi connectivity index (χ2v) is 5.68. The molecule has 0 radical (unpaired) electrons. The largest absolute Gasteiger partial charge is 0.399 e. The summed E-state index contributed by atoms with van der Waals surface area (Å²) < 4.78 is 0. The van der Waals surface area contributed by atoms with Crippen molar-refractivity contribution >= 4 is 39.4 Å². The van der Waals surface area contributed by atoms with Crippen LogP contribution in [0.5, 0.6) is 0 Å². The van der Waals surface area contributed by atoms with E-state index in [4.69, 9.17) is 5.73 Å². The maximum atomic E-state index is 5.79. The van der Waals surface area contributed by atoms with Gasteiger partial charge in [-0.2, -0.15) is 10.2 Å². The summed E-state index contributed by atoms with van der Waals surface area (Å²) in [5.74, 6) is 0. The molecule has 0 aliphatic carbocycles. The number of hydrogen-bond donors (Lipinski definition) is 2. The molecule has 102 valence electrons. The van der Waals surface area contributed by atoms with Crippen LogP contribution in [0.2, 0.25) is 0 Å². The van der Waals surface area contributed by atoms with Gasteiger partial charge in [-0.15, -0.1) is 0 Å². The summed E-state index contributed by atoms with van der Waals surface area (Å²) in [6.45, 7) is 0. The molecule has 5 nitrogen and oxygen atoms in total. The van der Waals surface area contributed by atoms with Crippen molar-refractivity contribution in [1.82, 2.24) is 20.2 Å². The molecule has 0 aliphatic heterocycles. The maximum absolute atomic E-state index is 5.79. The Bertz CT molecular complexity index is 942. The highest BCUT2D eigenvalue weighted by Gasteiger charge is 2.08. The van der Waals surface area contributed by atoms with Crippen molar-refractivity contribution < 1.29 is 0 Å². The number of rotatable bonds is 2. The molecule has 0 bridgehead atoms. The van der Waals surface area contributed by atoms with Crippen LogP contribution < -0.4 is 5.73 Å². The highest BCUT2D eigenvalue weighted by molar-refractivity contribution is 7.99. The van der Waals surface area contributed by atoms with E-state index in [-0.39, 0.29) is 0 Å². The number of anilines is 1. The van der Waals surface area contributed by atoms with E-state index in [9.17, 15) is 0 Å². The minimum atomic E-state index is 0.721. The average Bonchev–Trinajstić information content (AvgIpc) is 2.89. The molecule has 0 saturated carbocycles. The Labute approximate surface area is 124 Å². The Kier molecular flexibility index (Phi) is 2.75. The van der Waals surface area contributed by atoms with Crippen LogP contribution in [0, 0.1) is 0 Å². The number of nitrogens with two attached hydrogens (primary N) is 1. The van der Waals surface area contributed by atoms with Crippen LogP contribution in [0.1, 0.15) is 0 Å². The van der Waals surface area contributed by atoms with E-state index >= 15 is 0 Å². The van der Waals surface area contributed by atoms with Gasteiger partial charge in [-0.3, -0.25) is 0 Å². The number of fused-ring (bicyclic) bond motifs is 2. The summed E-state index contributed by atoms with van der Waals surface area (Å²) in [4.78, 5) is 8.85. The first-order chi connectivity index (χ1) is 10.3. The number of aromatic amines is 1. The molecule has 0 unspecified atom stereocenters. The maximum Gasteiger partial charge on any atom is 0.171 e. The van der Waals surface area contributed by atoms with E-state index < -0.39 is 0 Å². The van der Waals surface area contributed by atoms with Gasteiger partial charge in [0.1, 0.15) is 0 Å². The molecular formula is C15H11N5S. The molecule has 0 aliphatic rings. The third-order valence-electron chi connectivity index (χ3n) is 3.20. The van der Waals surface area contributed by atoms with Crippen LogP contribution in [-0.2, 0) is 0 Å². The lowest BCUT2D eigenvalue weighted by Crippen LogP contribution is -1.86. The molecule has 6 heteroatoms. The monoisotopic (exact) mass is 293 g/mol. The van der Waals surface area contributed by atoms with Gasteiger partial charge in [0, 0.05) is 16.0 Å². The van der Waals surface area contributed by atoms with Crippen molar-refractivity contribution in [2.45, 2.75) is 10.1 Å². The Morgan fingerprint density at radius 2 is 1.95 bits per heavy atom. The summed E-state index contributed by atoms with van der Waals surface area (Å²) >= 11 is 1.54. The summed E-state index contributed by atoms with van der Waals surface area (Å²) in [7, 11) is 0. The third-order valence-corrected chi connectivity index (χ3v) is 4.13. The second-order valence-electron chi connectivity index (χ2n) is 4.65. The summed E-state index contributed by atoms with van der Waals surface area (Å²) in [6, 6.07) is 13.6. The van der Waals surface area contributed by atoms with Crippen molar-refractivity contribution in [3.8, 4) is 0 Å². The lowest BCUT2D eigenvalue weighted by molar-refractivity contribution is 1.04. The first kappa shape index (κ1) is 12.2. The van der Waals surface area contributed by atoms with Gasteiger partial charge in [0.25, 0.3) is 0 Å². The Morgan fingerprint density at radius 3 is 2.90 bits per heavy atom. The fourth-order valence-electron chi connectivity index (χ4n) is 2.22. The van der Waals surface area contributed by atoms with Crippen molar-refractivity contribution in [3.05, 3.63) is 48.7 Å². The highest BCUT2D eigenvalue weighted by Crippen LogP contribution is 2.31. The van der Waals surface area contributed by atoms with E-state index in [0.29, 0.717) is 0 Å². The zero-order valence-corrected chi connectivity index (χ0v) is 11.8. The number of nitrogen functional groups attached to an aromatic ring is 1. The zero-order valence-electron chi connectivity index (χ0n) is 10.9. The molecule has 2 aromatic carbocycles. The van der Waals surface area contributed by atoms with Crippen LogP contribution in [0.25, 0.3) is 21.9 Å². The highest BCUT2D eigenvalue weighted by atomic mass is 32.2. The van der Waals surface area contributed by atoms with E-state index in [1.54, 1.807) is 6.20 Å². The topological polar surface area (TPSA) is 80.5 Å². The van der Waals surface area contributed by atoms with Crippen LogP contribution in [0.4, 0.5) is 5.69 Å². The van der Waals surface area contributed by atoms with Crippen molar-refractivity contribution in [1.29, 1.82) is 0 Å². The number of benzene rings is 2. The molecule has 0 saturated heterocycles. The van der Waals surface area contributed by atoms with Crippen molar-refractivity contribution in [2.24, 2.45) is 0 Å². The van der Waals surface area contributed by atoms with Crippen LogP contribution in [-0.4, -0.2) is 20.2 Å². The first-order valence-corrected chi connectivity index (χ1v) is 7.25. The van der Waals surface area contributed by atoms with Gasteiger partial charge in [0.2, 0.25) is 0 Å². The molecule has 4 aromatic rings. The molecule has 0 fully saturated rings. The van der Waals surface area contributed by atoms with Crippen LogP contribution in [0.15, 0.2) is 58.7 Å². The van der Waals surface area contributed by atoms with Crippen molar-refractivity contribution in [2.75, 3.05) is 5.73 Å². The Hall–Kier alpha value is -2.60. The van der Waals surface area contributed by atoms with E-state index in [0.717, 1.165) is 37.7 Å². The number of nitrogens with one attached hydrogen (secondary N) is 1. The van der Waals surface area contributed by atoms with E-state index in [1.807, 2.05) is 42.5 Å². The summed E-state index contributed by atoms with van der Waals surface area (Å²) in [5.41, 5.74) is 9.22. The molecule has 4 rings (SSSR count). The SMILES string of the molecule is Nc1ccc2nc(Sc3cnnc4ccccc34)[nH]c2c1. The minimum absolute atomic E-state index is 0.721. The average molecular weight is 293 g/mol. The first-order valence-electron chi connectivity index (χ1n) is 6.43. The van der Waals surface area contributed by atoms with Crippen LogP contribution in [0.3, 0.4) is 0 Å². The summed E-state index contributed by atoms with van der Waals surface area (Å²) in [6.07, 6.45) is 1.76. The molecular weight excluding hydrogens is 282 g/mol. The number of H-pyrrole nitrogens is 1. The quantitative estimate of drug-likeness (QED) is 0.555. The summed E-state index contributed by atoms with van der Waals surface area (Å²) in [5, 5.41) is 10.1. The van der Waals surface area contributed by atoms with Gasteiger partial charge >= 0.3 is 0 Å². The number of nitrogens with zero attached hydrogens (tertiary/aromatic N) is 3. The van der Waals surface area contributed by atoms with Crippen LogP contribution >= 0.6 is 11.8 Å². The number of aromatic nitrogens is 4. The van der Waals surface area contributed by atoms with Crippen molar-refractivity contribution in [3.63, 3.8) is 0 Å². The predicted molar refractivity (Wildman–Crippen MR) is 84.2 cm³/mol. The predicted octanol–water partition coefficient (Wildman–Crippen LogP) is 3.24. The van der Waals surface area contributed by atoms with Gasteiger partial charge < -0.3 is 10.7 Å². The normalized spacial score (nSPS) is 11.2. The fourth-order valence-corrected chi connectivity index (χ4v) is 3.12. The number of imidazole rings is 1. The second kappa shape index (κ2) is 4.75. The third kappa shape index (κ3) is 2.19. The minimum Gasteiger partial charge on any atom is -0.399 e. The van der Waals surface area contributed by atoms with Gasteiger partial charge in [0.15, 0.2) is 5.16 Å². The van der Waals surface area contributed by atoms with E-state index in [2.05, 4.69) is 20.2 Å². The van der Waals surface area contributed by atoms with Gasteiger partial charge in [-0.25, -0.2) is 4.98 Å². The molecule has 21 heavy (non-hydrogen) atoms. The molecule has 2 heterocycles. The van der Waals surface area contributed by atoms with Gasteiger partial charge in [0.05, 0.1) is 22.7 Å². The zero-order chi connectivity index (χ0) is 14.2. The lowest BCUT2D eigenvalue weighted by Gasteiger charge is -2.01. The molecule has 0 spiro atoms. The van der Waals surface area contributed by atoms with Gasteiger partial charge in [-0.1, -0.05) is 18.2 Å². The molecule has 3 N–H and O–H groups in total.